The lowest BCUT2D eigenvalue weighted by atomic mass is 9.89. The van der Waals surface area contributed by atoms with E-state index in [2.05, 4.69) is 111 Å². The van der Waals surface area contributed by atoms with E-state index in [9.17, 15) is 33.6 Å². The Hall–Kier alpha value is -11.8. The number of hydrogen-bond acceptors (Lipinski definition) is 24. The number of imidazole rings is 6. The van der Waals surface area contributed by atoms with Gasteiger partial charge >= 0.3 is 6.09 Å². The summed E-state index contributed by atoms with van der Waals surface area (Å²) in [7, 11) is 5.07. The van der Waals surface area contributed by atoms with Crippen molar-refractivity contribution in [2.24, 2.45) is 35.5 Å². The lowest BCUT2D eigenvalue weighted by Gasteiger charge is -2.23. The summed E-state index contributed by atoms with van der Waals surface area (Å²) in [6.07, 6.45) is 47.9. The van der Waals surface area contributed by atoms with Crippen LogP contribution >= 0.6 is 0 Å². The van der Waals surface area contributed by atoms with Crippen LogP contribution in [-0.2, 0) is 44.0 Å². The van der Waals surface area contributed by atoms with Gasteiger partial charge in [-0.15, -0.1) is 0 Å². The molecule has 18 rings (SSSR count). The zero-order valence-electron chi connectivity index (χ0n) is 76.9. The van der Waals surface area contributed by atoms with Gasteiger partial charge < -0.3 is 53.8 Å². The van der Waals surface area contributed by atoms with Crippen LogP contribution in [0.15, 0.2) is 73.6 Å². The Bertz CT molecular complexity index is 5620. The van der Waals surface area contributed by atoms with E-state index in [1.54, 1.807) is 71.7 Å². The number of ether oxygens (including phenoxy) is 1. The monoisotopic (exact) mass is 1750 g/mol. The van der Waals surface area contributed by atoms with E-state index in [0.717, 1.165) is 133 Å². The van der Waals surface area contributed by atoms with Gasteiger partial charge in [-0.2, -0.15) is 24.9 Å². The van der Waals surface area contributed by atoms with E-state index in [4.69, 9.17) is 5.73 Å². The zero-order valence-corrected chi connectivity index (χ0v) is 76.9. The molecule has 0 atom stereocenters. The Morgan fingerprint density at radius 1 is 0.328 bits per heavy atom. The summed E-state index contributed by atoms with van der Waals surface area (Å²) >= 11 is 0. The number of amides is 1. The maximum absolute atomic E-state index is 11.7. The summed E-state index contributed by atoms with van der Waals surface area (Å²) in [5, 5.41) is 12.3. The van der Waals surface area contributed by atoms with Gasteiger partial charge in [-0.3, -0.25) is 34.1 Å². The number of nitrogens with two attached hydrogens (primary N) is 1. The van der Waals surface area contributed by atoms with E-state index in [1.165, 1.54) is 200 Å². The van der Waals surface area contributed by atoms with Crippen LogP contribution in [0.1, 0.15) is 309 Å². The largest absolute Gasteiger partial charge is 0.453 e. The molecule has 31 heteroatoms. The third kappa shape index (κ3) is 24.0. The van der Waals surface area contributed by atoms with Gasteiger partial charge in [0, 0.05) is 130 Å². The number of ketones is 6. The molecule has 1 amide bonds. The highest BCUT2D eigenvalue weighted by molar-refractivity contribution is 6.00. The molecule has 0 aromatic carbocycles. The first-order valence-electron chi connectivity index (χ1n) is 46.8. The third-order valence-corrected chi connectivity index (χ3v) is 26.5. The highest BCUT2D eigenvalue weighted by Gasteiger charge is 2.28. The fraction of sp³-hybridized carbons (Fsp3) is 0.557. The second kappa shape index (κ2) is 44.8. The predicted octanol–water partition coefficient (Wildman–Crippen LogP) is 19.9. The van der Waals surface area contributed by atoms with Crippen LogP contribution in [0.25, 0.3) is 67.0 Å². The summed E-state index contributed by atoms with van der Waals surface area (Å²) < 4.78 is 17.5. The SMILES string of the molecule is CC(=O)c1cnc2nc(C)n(CC3CCCCC3)c2c1.CC(=O)c1cnc2nc(N)n(CC3CCCCC3)c2c1.CCNc1nc2ncc(C(C)=O)cc2n1CC1CCCCC1.CNc1nc2ncc(C(C)=O)cc2n1CC1CCCCC1.CNc1nc2ncc(C(C)=O)cc2n1CC1CCCCC1.COC(=O)Nc1nc2ncc(C(C)=O)cc2n1CC1CCCCC1. The standard InChI is InChI=1S/C17H22N4O3.C17H24N4O.2C16H22N4O.C16H21N3O.C15H20N4O/c1-11(22)13-8-14-15(18-9-13)19-16(20-17(23)24-2)21(14)10-12-6-4-3-5-7-12;1-3-18-17-20-16-15(9-14(10-19-16)12(2)22)21(17)11-13-7-5-4-6-8-13;2*1-11(21)13-8-14-15(18-9-13)19-16(17-2)20(14)10-12-6-4-3-5-7-12;1-11(20)14-8-15-16(17-9-14)18-12(2)19(15)10-13-6-4-3-5-7-13;1-10(20)12-7-13-14(17-8-12)18-15(16)19(13)9-11-5-3-2-4-6-11/h8-9,12H,3-7,10H2,1-2H3,(H,18,19,20,23);9-10,13H,3-8,11H2,1-2H3,(H,18,19,20);2*8-9,12H,3-7,10H2,1-2H3,(H,17,18,19);8-9,13H,3-7,10H2,1-2H3;7-8,11H,2-6,9H2,1H3,(H2,16,17,18). The Morgan fingerprint density at radius 2 is 0.555 bits per heavy atom. The molecule has 0 radical (unpaired) electrons. The topological polar surface area (TPSA) is 387 Å². The first-order chi connectivity index (χ1) is 61.9. The average Bonchev–Trinajstić information content (AvgIpc) is 1.66. The summed E-state index contributed by atoms with van der Waals surface area (Å²) in [6.45, 7) is 19.8. The average molecular weight is 1750 g/mol. The van der Waals surface area contributed by atoms with Crippen LogP contribution in [0.5, 0.6) is 0 Å². The molecule has 682 valence electrons. The van der Waals surface area contributed by atoms with Crippen molar-refractivity contribution >= 4 is 138 Å². The number of hydrogen-bond donors (Lipinski definition) is 5. The summed E-state index contributed by atoms with van der Waals surface area (Å²) in [5.41, 5.74) is 19.3. The number of rotatable bonds is 23. The second-order valence-corrected chi connectivity index (χ2v) is 35.9. The number of carbonyl (C=O) groups excluding carboxylic acids is 7. The minimum Gasteiger partial charge on any atom is -0.453 e. The molecule has 12 heterocycles. The van der Waals surface area contributed by atoms with Crippen LogP contribution in [0.4, 0.5) is 34.5 Å². The highest BCUT2D eigenvalue weighted by Crippen LogP contribution is 2.36. The first-order valence-corrected chi connectivity index (χ1v) is 46.8. The van der Waals surface area contributed by atoms with Crippen molar-refractivity contribution < 1.29 is 38.3 Å². The summed E-state index contributed by atoms with van der Waals surface area (Å²) in [4.78, 5) is 134. The number of pyridine rings is 6. The van der Waals surface area contributed by atoms with Crippen molar-refractivity contribution in [2.75, 3.05) is 54.8 Å². The molecular formula is C97H131N23O8. The molecule has 6 aliphatic carbocycles. The van der Waals surface area contributed by atoms with Gasteiger partial charge in [0.05, 0.1) is 40.2 Å². The Morgan fingerprint density at radius 3 is 0.828 bits per heavy atom. The molecule has 0 unspecified atom stereocenters. The van der Waals surface area contributed by atoms with Gasteiger partial charge in [0.2, 0.25) is 29.7 Å². The van der Waals surface area contributed by atoms with E-state index in [-0.39, 0.29) is 34.7 Å². The zero-order chi connectivity index (χ0) is 90.5. The van der Waals surface area contributed by atoms with Gasteiger partial charge in [0.15, 0.2) is 68.6 Å². The molecule has 6 N–H and O–H groups in total. The number of methoxy groups -OCH3 is 1. The van der Waals surface area contributed by atoms with Crippen molar-refractivity contribution in [2.45, 2.75) is 287 Å². The third-order valence-electron chi connectivity index (χ3n) is 26.5. The van der Waals surface area contributed by atoms with Crippen LogP contribution in [0.3, 0.4) is 0 Å². The molecule has 12 aromatic heterocycles. The summed E-state index contributed by atoms with van der Waals surface area (Å²) in [6, 6.07) is 11.4. The number of anilines is 5. The second-order valence-electron chi connectivity index (χ2n) is 35.9. The fourth-order valence-corrected chi connectivity index (χ4v) is 19.2. The number of nitrogens with zero attached hydrogens (tertiary/aromatic N) is 18. The molecule has 0 aliphatic heterocycles. The quantitative estimate of drug-likeness (QED) is 0.0371. The number of aromatic nitrogens is 18. The van der Waals surface area contributed by atoms with Crippen LogP contribution in [-0.4, -0.2) is 156 Å². The van der Waals surface area contributed by atoms with Gasteiger partial charge in [0.1, 0.15) is 5.82 Å². The van der Waals surface area contributed by atoms with Crippen LogP contribution in [0, 0.1) is 42.4 Å². The molecule has 0 saturated heterocycles. The molecule has 0 spiro atoms. The van der Waals surface area contributed by atoms with Gasteiger partial charge in [-0.1, -0.05) is 116 Å². The summed E-state index contributed by atoms with van der Waals surface area (Å²) in [5.74, 6) is 8.64. The van der Waals surface area contributed by atoms with Crippen molar-refractivity contribution in [1.29, 1.82) is 0 Å². The van der Waals surface area contributed by atoms with Crippen molar-refractivity contribution in [1.82, 2.24) is 87.2 Å². The number of fused-ring (bicyclic) bond motifs is 6. The molecule has 128 heavy (non-hydrogen) atoms. The predicted molar refractivity (Wildman–Crippen MR) is 503 cm³/mol. The normalized spacial score (nSPS) is 16.2. The Kier molecular flexibility index (Phi) is 32.8. The van der Waals surface area contributed by atoms with Crippen molar-refractivity contribution in [3.8, 4) is 0 Å². The molecule has 0 bridgehead atoms. The first kappa shape index (κ1) is 93.8. The molecule has 31 nitrogen and oxygen atoms in total. The Balaban J connectivity index is 0.000000131. The number of aryl methyl sites for hydroxylation is 1. The maximum Gasteiger partial charge on any atom is 0.413 e. The number of Topliss-reactive ketones (excluding diaryl/α,β-unsaturated/α-hetero) is 6. The van der Waals surface area contributed by atoms with E-state index < -0.39 is 6.09 Å². The van der Waals surface area contributed by atoms with Crippen molar-refractivity contribution in [3.05, 3.63) is 113 Å². The molecule has 6 fully saturated rings. The van der Waals surface area contributed by atoms with Gasteiger partial charge in [-0.05, 0) is 204 Å². The molecule has 6 aliphatic rings. The Labute approximate surface area is 749 Å². The van der Waals surface area contributed by atoms with E-state index in [1.807, 2.05) is 60.5 Å². The van der Waals surface area contributed by atoms with Gasteiger partial charge in [-0.25, -0.2) is 39.7 Å². The fourth-order valence-electron chi connectivity index (χ4n) is 19.2. The van der Waals surface area contributed by atoms with Gasteiger partial charge in [0.25, 0.3) is 0 Å². The van der Waals surface area contributed by atoms with E-state index >= 15 is 0 Å². The minimum absolute atomic E-state index is 0.0170. The van der Waals surface area contributed by atoms with E-state index in [0.29, 0.717) is 97.5 Å². The highest BCUT2D eigenvalue weighted by atomic mass is 16.5. The molecule has 12 aromatic rings. The number of nitrogens with one attached hydrogen (secondary N) is 4. The smallest absolute Gasteiger partial charge is 0.413 e. The molecule has 6 saturated carbocycles. The minimum atomic E-state index is -0.568. The number of carbonyl (C=O) groups is 7. The molecular weight excluding hydrogens is 1620 g/mol. The maximum atomic E-state index is 11.7. The van der Waals surface area contributed by atoms with Crippen LogP contribution in [0.2, 0.25) is 0 Å². The van der Waals surface area contributed by atoms with Crippen molar-refractivity contribution in [3.63, 3.8) is 0 Å². The lowest BCUT2D eigenvalue weighted by Crippen LogP contribution is -2.19. The lowest BCUT2D eigenvalue weighted by molar-refractivity contribution is 0.100. The van der Waals surface area contributed by atoms with Crippen LogP contribution < -0.4 is 27.0 Å². The number of nitrogen functional groups attached to an aromatic ring is 1.